The van der Waals surface area contributed by atoms with Crippen LogP contribution in [-0.2, 0) is 0 Å². The number of H-pyrrole nitrogens is 1. The zero-order valence-electron chi connectivity index (χ0n) is 10.6. The SMILES string of the molecule is Nc1cc(F)c(F)cc1C(=O)c1c[nH]c2ccc(Cl)cc12. The zero-order valence-corrected chi connectivity index (χ0v) is 11.3. The predicted octanol–water partition coefficient (Wildman–Crippen LogP) is 3.91. The van der Waals surface area contributed by atoms with E-state index in [1.54, 1.807) is 18.2 Å². The van der Waals surface area contributed by atoms with Gasteiger partial charge in [0.25, 0.3) is 0 Å². The first-order valence-electron chi connectivity index (χ1n) is 6.03. The average Bonchev–Trinajstić information content (AvgIpc) is 2.85. The Bertz CT molecular complexity index is 873. The summed E-state index contributed by atoms with van der Waals surface area (Å²) in [7, 11) is 0. The first kappa shape index (κ1) is 13.6. The third kappa shape index (κ3) is 2.25. The van der Waals surface area contributed by atoms with Crippen LogP contribution in [0.15, 0.2) is 36.5 Å². The van der Waals surface area contributed by atoms with Crippen molar-refractivity contribution in [1.82, 2.24) is 4.98 Å². The van der Waals surface area contributed by atoms with Gasteiger partial charge in [-0.3, -0.25) is 4.79 Å². The highest BCUT2D eigenvalue weighted by Crippen LogP contribution is 2.27. The van der Waals surface area contributed by atoms with Crippen molar-refractivity contribution in [1.29, 1.82) is 0 Å². The summed E-state index contributed by atoms with van der Waals surface area (Å²) < 4.78 is 26.4. The second kappa shape index (κ2) is 4.86. The summed E-state index contributed by atoms with van der Waals surface area (Å²) in [4.78, 5) is 15.4. The van der Waals surface area contributed by atoms with E-state index < -0.39 is 17.4 Å². The summed E-state index contributed by atoms with van der Waals surface area (Å²) in [5.74, 6) is -2.71. The number of ketones is 1. The van der Waals surface area contributed by atoms with Gasteiger partial charge in [0.15, 0.2) is 17.4 Å². The Hall–Kier alpha value is -2.40. The lowest BCUT2D eigenvalue weighted by atomic mass is 10.0. The van der Waals surface area contributed by atoms with Crippen molar-refractivity contribution in [2.75, 3.05) is 5.73 Å². The van der Waals surface area contributed by atoms with Gasteiger partial charge in [-0.25, -0.2) is 8.78 Å². The van der Waals surface area contributed by atoms with E-state index in [1.165, 1.54) is 6.20 Å². The van der Waals surface area contributed by atoms with Crippen molar-refractivity contribution in [3.8, 4) is 0 Å². The van der Waals surface area contributed by atoms with E-state index in [0.29, 0.717) is 21.5 Å². The summed E-state index contributed by atoms with van der Waals surface area (Å²) in [5.41, 5.74) is 6.41. The fourth-order valence-electron chi connectivity index (χ4n) is 2.18. The number of benzene rings is 2. The standard InChI is InChI=1S/C15H9ClF2N2O/c16-7-1-2-14-8(3-7)10(6-20-14)15(21)9-4-11(17)12(18)5-13(9)19/h1-6,20H,19H2. The van der Waals surface area contributed by atoms with Gasteiger partial charge >= 0.3 is 0 Å². The summed E-state index contributed by atoms with van der Waals surface area (Å²) >= 11 is 5.92. The van der Waals surface area contributed by atoms with Crippen molar-refractivity contribution in [3.63, 3.8) is 0 Å². The van der Waals surface area contributed by atoms with Crippen LogP contribution in [0.2, 0.25) is 5.02 Å². The molecule has 0 atom stereocenters. The molecular weight excluding hydrogens is 298 g/mol. The van der Waals surface area contributed by atoms with Crippen molar-refractivity contribution in [3.05, 3.63) is 64.3 Å². The Morgan fingerprint density at radius 2 is 1.81 bits per heavy atom. The second-order valence-electron chi connectivity index (χ2n) is 4.57. The van der Waals surface area contributed by atoms with Crippen molar-refractivity contribution in [2.45, 2.75) is 0 Å². The maximum Gasteiger partial charge on any atom is 0.197 e. The molecule has 3 N–H and O–H groups in total. The fourth-order valence-corrected chi connectivity index (χ4v) is 2.36. The van der Waals surface area contributed by atoms with Gasteiger partial charge in [-0.05, 0) is 24.3 Å². The first-order valence-corrected chi connectivity index (χ1v) is 6.41. The summed E-state index contributed by atoms with van der Waals surface area (Å²) in [6.45, 7) is 0. The number of nitrogen functional groups attached to an aromatic ring is 1. The van der Waals surface area contributed by atoms with Crippen molar-refractivity contribution >= 4 is 34.0 Å². The lowest BCUT2D eigenvalue weighted by Crippen LogP contribution is -2.06. The molecule has 0 aliphatic rings. The van der Waals surface area contributed by atoms with Crippen LogP contribution in [-0.4, -0.2) is 10.8 Å². The monoisotopic (exact) mass is 306 g/mol. The van der Waals surface area contributed by atoms with E-state index in [9.17, 15) is 13.6 Å². The lowest BCUT2D eigenvalue weighted by molar-refractivity contribution is 0.104. The normalized spacial score (nSPS) is 11.0. The number of aromatic nitrogens is 1. The molecule has 6 heteroatoms. The van der Waals surface area contributed by atoms with E-state index in [2.05, 4.69) is 4.98 Å². The minimum absolute atomic E-state index is 0.0882. The summed E-state index contributed by atoms with van der Waals surface area (Å²) in [6.07, 6.45) is 1.49. The van der Waals surface area contributed by atoms with Crippen LogP contribution in [0.3, 0.4) is 0 Å². The Balaban J connectivity index is 2.17. The number of rotatable bonds is 2. The van der Waals surface area contributed by atoms with Gasteiger partial charge in [0.2, 0.25) is 0 Å². The number of fused-ring (bicyclic) bond motifs is 1. The largest absolute Gasteiger partial charge is 0.398 e. The van der Waals surface area contributed by atoms with Gasteiger partial charge in [0.05, 0.1) is 0 Å². The Morgan fingerprint density at radius 3 is 2.57 bits per heavy atom. The number of carbonyl (C=O) groups is 1. The molecule has 0 fully saturated rings. The molecule has 0 aliphatic heterocycles. The van der Waals surface area contributed by atoms with E-state index in [-0.39, 0.29) is 11.3 Å². The van der Waals surface area contributed by atoms with Crippen LogP contribution in [0.5, 0.6) is 0 Å². The Kier molecular flexibility index (Phi) is 3.14. The van der Waals surface area contributed by atoms with Crippen LogP contribution in [0.4, 0.5) is 14.5 Å². The Labute approximate surface area is 123 Å². The molecule has 1 heterocycles. The first-order chi connectivity index (χ1) is 9.97. The van der Waals surface area contributed by atoms with E-state index in [4.69, 9.17) is 17.3 Å². The molecule has 0 bridgehead atoms. The summed E-state index contributed by atoms with van der Waals surface area (Å²) in [5, 5.41) is 1.06. The van der Waals surface area contributed by atoms with Gasteiger partial charge in [-0.2, -0.15) is 0 Å². The minimum atomic E-state index is -1.12. The maximum absolute atomic E-state index is 13.3. The van der Waals surface area contributed by atoms with E-state index in [0.717, 1.165) is 12.1 Å². The van der Waals surface area contributed by atoms with Gasteiger partial charge in [-0.15, -0.1) is 0 Å². The molecule has 3 nitrogen and oxygen atoms in total. The molecule has 0 saturated carbocycles. The number of anilines is 1. The molecule has 0 spiro atoms. The van der Waals surface area contributed by atoms with Gasteiger partial charge in [0, 0.05) is 45.0 Å². The van der Waals surface area contributed by atoms with Crippen molar-refractivity contribution < 1.29 is 13.6 Å². The van der Waals surface area contributed by atoms with Crippen LogP contribution in [0, 0.1) is 11.6 Å². The van der Waals surface area contributed by atoms with Gasteiger partial charge in [0.1, 0.15) is 0 Å². The molecule has 0 saturated heterocycles. The van der Waals surface area contributed by atoms with Crippen LogP contribution in [0.25, 0.3) is 10.9 Å². The van der Waals surface area contributed by atoms with Crippen LogP contribution in [0.1, 0.15) is 15.9 Å². The molecule has 0 amide bonds. The third-order valence-corrected chi connectivity index (χ3v) is 3.46. The predicted molar refractivity (Wildman–Crippen MR) is 77.5 cm³/mol. The minimum Gasteiger partial charge on any atom is -0.398 e. The number of aromatic amines is 1. The van der Waals surface area contributed by atoms with Crippen molar-refractivity contribution in [2.24, 2.45) is 0 Å². The molecule has 3 rings (SSSR count). The molecule has 0 radical (unpaired) electrons. The number of nitrogens with one attached hydrogen (secondary N) is 1. The van der Waals surface area contributed by atoms with Gasteiger partial charge in [-0.1, -0.05) is 11.6 Å². The molecule has 106 valence electrons. The average molecular weight is 307 g/mol. The zero-order chi connectivity index (χ0) is 15.1. The maximum atomic E-state index is 13.3. The molecule has 21 heavy (non-hydrogen) atoms. The Morgan fingerprint density at radius 1 is 1.10 bits per heavy atom. The highest BCUT2D eigenvalue weighted by atomic mass is 35.5. The summed E-state index contributed by atoms with van der Waals surface area (Å²) in [6, 6.07) is 6.63. The topological polar surface area (TPSA) is 58.9 Å². The van der Waals surface area contributed by atoms with Crippen LogP contribution >= 0.6 is 11.6 Å². The number of hydrogen-bond acceptors (Lipinski definition) is 2. The highest BCUT2D eigenvalue weighted by molar-refractivity contribution is 6.31. The number of carbonyl (C=O) groups excluding carboxylic acids is 1. The number of hydrogen-bond donors (Lipinski definition) is 2. The molecular formula is C15H9ClF2N2O. The molecule has 1 aromatic heterocycles. The molecule has 0 unspecified atom stereocenters. The smallest absolute Gasteiger partial charge is 0.197 e. The van der Waals surface area contributed by atoms with E-state index >= 15 is 0 Å². The number of nitrogens with two attached hydrogens (primary N) is 1. The van der Waals surface area contributed by atoms with Gasteiger partial charge < -0.3 is 10.7 Å². The van der Waals surface area contributed by atoms with E-state index in [1.807, 2.05) is 0 Å². The molecule has 0 aliphatic carbocycles. The van der Waals surface area contributed by atoms with Crippen LogP contribution < -0.4 is 5.73 Å². The fraction of sp³-hybridized carbons (Fsp3) is 0. The lowest BCUT2D eigenvalue weighted by Gasteiger charge is -2.05. The molecule has 2 aromatic carbocycles. The second-order valence-corrected chi connectivity index (χ2v) is 5.01. The quantitative estimate of drug-likeness (QED) is 0.557. The highest BCUT2D eigenvalue weighted by Gasteiger charge is 2.19. The number of halogens is 3. The third-order valence-electron chi connectivity index (χ3n) is 3.23. The molecule has 3 aromatic rings.